The largest absolute Gasteiger partial charge is 0.497 e. The number of benzene rings is 3. The lowest BCUT2D eigenvalue weighted by Crippen LogP contribution is -2.61. The fourth-order valence-electron chi connectivity index (χ4n) is 8.25. The van der Waals surface area contributed by atoms with Gasteiger partial charge >= 0.3 is 0 Å². The van der Waals surface area contributed by atoms with Crippen molar-refractivity contribution in [3.05, 3.63) is 83.4 Å². The molecule has 4 aliphatic rings. The summed E-state index contributed by atoms with van der Waals surface area (Å²) in [6.45, 7) is 7.80. The molecule has 4 aliphatic heterocycles. The first-order valence-electron chi connectivity index (χ1n) is 21.7. The van der Waals surface area contributed by atoms with Gasteiger partial charge in [0.1, 0.15) is 54.4 Å². The van der Waals surface area contributed by atoms with E-state index in [0.717, 1.165) is 19.6 Å². The van der Waals surface area contributed by atoms with Crippen LogP contribution in [0.15, 0.2) is 66.7 Å². The van der Waals surface area contributed by atoms with Crippen molar-refractivity contribution < 1.29 is 43.0 Å². The van der Waals surface area contributed by atoms with Crippen molar-refractivity contribution in [3.8, 4) is 23.0 Å². The van der Waals surface area contributed by atoms with Crippen LogP contribution in [-0.4, -0.2) is 146 Å². The normalized spacial score (nSPS) is 24.7. The Hall–Kier alpha value is -6.16. The number of hydrogen-bond donors (Lipinski definition) is 3. The molecular formula is C47H61N7O9. The van der Waals surface area contributed by atoms with Gasteiger partial charge in [0.25, 0.3) is 0 Å². The van der Waals surface area contributed by atoms with Gasteiger partial charge in [-0.3, -0.25) is 33.7 Å². The molecule has 0 saturated carbocycles. The van der Waals surface area contributed by atoms with E-state index in [1.807, 2.05) is 18.2 Å². The standard InChI is InChI=1S/C47H61N7O9/c1-29-42(55)49-30(2)45(58)51(4)37(25-32-11-16-35(61-7)17-12-32)44(57)50-31(3)46(59)53(6)39-26-33-13-18-36(19-14-33)63-41-28-34(27-38(43(56)48-29)52(5)47(39)60)15-20-40(41)62-24-23-54-21-9-8-10-22-54/h11-20,28-31,37-39H,8-10,21-27H2,1-7H3,(H,48,56)(H,49,55)(H,50,57)/t29-,30-,31-,37-,38-,39-/m0/s1. The number of likely N-dealkylation sites (N-methyl/N-ethyl adjacent to an activating group) is 3. The van der Waals surface area contributed by atoms with Gasteiger partial charge < -0.3 is 44.9 Å². The summed E-state index contributed by atoms with van der Waals surface area (Å²) in [5.41, 5.74) is 2.06. The summed E-state index contributed by atoms with van der Waals surface area (Å²) in [5, 5.41) is 8.24. The van der Waals surface area contributed by atoms with E-state index in [9.17, 15) is 28.8 Å². The van der Waals surface area contributed by atoms with Gasteiger partial charge in [0.15, 0.2) is 11.5 Å². The SMILES string of the molecule is COc1ccc(C[C@H]2C(=O)N[C@@H](C)C(=O)N(C)[C@H]3Cc4ccc(cc4)Oc4cc(ccc4OCCN4CCCCC4)C[C@@H](C(=O)N[C@@H](C)C(=O)N[C@@H](C)C(=O)N2C)N(C)C3=O)cc1. The highest BCUT2D eigenvalue weighted by molar-refractivity contribution is 5.98. The molecule has 4 heterocycles. The minimum absolute atomic E-state index is 0.0104. The Morgan fingerprint density at radius 1 is 0.635 bits per heavy atom. The van der Waals surface area contributed by atoms with Gasteiger partial charge in [0, 0.05) is 47.0 Å². The summed E-state index contributed by atoms with van der Waals surface area (Å²) in [6, 6.07) is 12.8. The first-order chi connectivity index (χ1) is 30.1. The summed E-state index contributed by atoms with van der Waals surface area (Å²) < 4.78 is 18.0. The van der Waals surface area contributed by atoms with E-state index >= 15 is 0 Å². The molecule has 6 bridgehead atoms. The summed E-state index contributed by atoms with van der Waals surface area (Å²) in [6.07, 6.45) is 3.72. The average molecular weight is 868 g/mol. The molecule has 0 spiro atoms. The summed E-state index contributed by atoms with van der Waals surface area (Å²) in [4.78, 5) is 91.5. The maximum Gasteiger partial charge on any atom is 0.246 e. The quantitative estimate of drug-likeness (QED) is 0.320. The van der Waals surface area contributed by atoms with Crippen LogP contribution in [0, 0.1) is 0 Å². The first-order valence-corrected chi connectivity index (χ1v) is 21.7. The number of hydrogen-bond acceptors (Lipinski definition) is 10. The zero-order valence-electron chi connectivity index (χ0n) is 37.3. The molecule has 0 aromatic heterocycles. The second-order valence-electron chi connectivity index (χ2n) is 16.8. The van der Waals surface area contributed by atoms with Gasteiger partial charge in [-0.15, -0.1) is 0 Å². The van der Waals surface area contributed by atoms with Crippen molar-refractivity contribution in [3.63, 3.8) is 0 Å². The Kier molecular flexibility index (Phi) is 15.3. The van der Waals surface area contributed by atoms with Crippen LogP contribution in [-0.2, 0) is 48.0 Å². The molecular weight excluding hydrogens is 807 g/mol. The van der Waals surface area contributed by atoms with Crippen molar-refractivity contribution in [1.82, 2.24) is 35.6 Å². The first kappa shape index (κ1) is 46.3. The highest BCUT2D eigenvalue weighted by Gasteiger charge is 2.39. The maximum atomic E-state index is 14.8. The van der Waals surface area contributed by atoms with Gasteiger partial charge in [-0.2, -0.15) is 0 Å². The van der Waals surface area contributed by atoms with Crippen LogP contribution in [0.25, 0.3) is 0 Å². The Labute approximate surface area is 369 Å². The van der Waals surface area contributed by atoms with Crippen LogP contribution in [0.3, 0.4) is 0 Å². The van der Waals surface area contributed by atoms with Gasteiger partial charge in [-0.25, -0.2) is 0 Å². The predicted octanol–water partition coefficient (Wildman–Crippen LogP) is 2.70. The number of likely N-dealkylation sites (tertiary alicyclic amines) is 1. The van der Waals surface area contributed by atoms with E-state index in [1.54, 1.807) is 48.5 Å². The lowest BCUT2D eigenvalue weighted by atomic mass is 9.98. The van der Waals surface area contributed by atoms with Crippen LogP contribution < -0.4 is 30.2 Å². The summed E-state index contributed by atoms with van der Waals surface area (Å²) in [7, 11) is 5.99. The van der Waals surface area contributed by atoms with Crippen molar-refractivity contribution in [2.45, 2.75) is 95.5 Å². The van der Waals surface area contributed by atoms with Gasteiger partial charge in [-0.1, -0.05) is 36.8 Å². The topological polar surface area (TPSA) is 179 Å². The van der Waals surface area contributed by atoms with Crippen LogP contribution in [0.4, 0.5) is 0 Å². The van der Waals surface area contributed by atoms with Crippen LogP contribution in [0.1, 0.15) is 56.7 Å². The van der Waals surface area contributed by atoms with Crippen LogP contribution in [0.2, 0.25) is 0 Å². The molecule has 338 valence electrons. The summed E-state index contributed by atoms with van der Waals surface area (Å²) in [5.74, 6) is -1.46. The number of piperidine rings is 1. The van der Waals surface area contributed by atoms with Crippen molar-refractivity contribution in [2.24, 2.45) is 0 Å². The molecule has 7 rings (SSSR count). The molecule has 3 aromatic rings. The molecule has 63 heavy (non-hydrogen) atoms. The molecule has 2 fully saturated rings. The molecule has 0 unspecified atom stereocenters. The molecule has 2 saturated heterocycles. The third-order valence-electron chi connectivity index (χ3n) is 12.3. The van der Waals surface area contributed by atoms with E-state index in [0.29, 0.717) is 46.3 Å². The molecule has 0 radical (unpaired) electrons. The minimum Gasteiger partial charge on any atom is -0.497 e. The van der Waals surface area contributed by atoms with Crippen molar-refractivity contribution in [2.75, 3.05) is 54.5 Å². The van der Waals surface area contributed by atoms with Crippen LogP contribution in [0.5, 0.6) is 23.0 Å². The number of nitrogens with zero attached hydrogens (tertiary/aromatic N) is 4. The lowest BCUT2D eigenvalue weighted by molar-refractivity contribution is -0.149. The number of amides is 6. The minimum atomic E-state index is -1.17. The van der Waals surface area contributed by atoms with Crippen molar-refractivity contribution >= 4 is 35.4 Å². The Balaban J connectivity index is 1.35. The predicted molar refractivity (Wildman–Crippen MR) is 235 cm³/mol. The van der Waals surface area contributed by atoms with Gasteiger partial charge in [0.2, 0.25) is 35.4 Å². The molecule has 6 atom stereocenters. The second kappa shape index (κ2) is 20.8. The Morgan fingerprint density at radius 3 is 1.89 bits per heavy atom. The van der Waals surface area contributed by atoms with Crippen LogP contribution >= 0.6 is 0 Å². The number of rotatable bonds is 7. The van der Waals surface area contributed by atoms with E-state index < -0.39 is 71.7 Å². The second-order valence-corrected chi connectivity index (χ2v) is 16.8. The third kappa shape index (κ3) is 11.5. The molecule has 16 nitrogen and oxygen atoms in total. The highest BCUT2D eigenvalue weighted by atomic mass is 16.5. The number of carbonyl (C=O) groups excluding carboxylic acids is 6. The summed E-state index contributed by atoms with van der Waals surface area (Å²) >= 11 is 0. The van der Waals surface area contributed by atoms with Gasteiger partial charge in [-0.05, 0) is 99.8 Å². The van der Waals surface area contributed by atoms with E-state index in [-0.39, 0.29) is 19.3 Å². The highest BCUT2D eigenvalue weighted by Crippen LogP contribution is 2.34. The molecule has 0 aliphatic carbocycles. The molecule has 16 heteroatoms. The lowest BCUT2D eigenvalue weighted by Gasteiger charge is -2.36. The van der Waals surface area contributed by atoms with E-state index in [4.69, 9.17) is 14.2 Å². The van der Waals surface area contributed by atoms with Crippen molar-refractivity contribution in [1.29, 1.82) is 0 Å². The number of ether oxygens (including phenoxy) is 3. The number of fused-ring (bicyclic) bond motifs is 2. The third-order valence-corrected chi connectivity index (χ3v) is 12.3. The monoisotopic (exact) mass is 867 g/mol. The fourth-order valence-corrected chi connectivity index (χ4v) is 8.25. The Bertz CT molecular complexity index is 2130. The molecule has 3 aromatic carbocycles. The smallest absolute Gasteiger partial charge is 0.246 e. The average Bonchev–Trinajstić information content (AvgIpc) is 3.28. The van der Waals surface area contributed by atoms with Gasteiger partial charge in [0.05, 0.1) is 7.11 Å². The molecule has 6 amide bonds. The number of carbonyl (C=O) groups is 6. The van der Waals surface area contributed by atoms with E-state index in [1.165, 1.54) is 83.0 Å². The maximum absolute atomic E-state index is 14.8. The number of methoxy groups -OCH3 is 1. The fraction of sp³-hybridized carbons (Fsp3) is 0.489. The van der Waals surface area contributed by atoms with E-state index in [2.05, 4.69) is 20.9 Å². The molecule has 3 N–H and O–H groups in total. The number of nitrogens with one attached hydrogen (secondary N) is 3. The zero-order chi connectivity index (χ0) is 45.4. The zero-order valence-corrected chi connectivity index (χ0v) is 37.3. The Morgan fingerprint density at radius 2 is 1.22 bits per heavy atom.